The second-order valence-corrected chi connectivity index (χ2v) is 6.05. The van der Waals surface area contributed by atoms with Crippen LogP contribution in [0.15, 0.2) is 5.11 Å². The number of azide groups is 1. The van der Waals surface area contributed by atoms with Gasteiger partial charge in [-0.05, 0) is 12.5 Å². The normalized spacial score (nSPS) is 11.0. The minimum Gasteiger partial charge on any atom is -0.379 e. The molecule has 0 rings (SSSR count). The van der Waals surface area contributed by atoms with E-state index < -0.39 is 0 Å². The van der Waals surface area contributed by atoms with E-state index in [-0.39, 0.29) is 0 Å². The van der Waals surface area contributed by atoms with Crippen molar-refractivity contribution in [3.05, 3.63) is 10.4 Å². The fourth-order valence-electron chi connectivity index (χ4n) is 2.05. The summed E-state index contributed by atoms with van der Waals surface area (Å²) in [7, 11) is 0. The van der Waals surface area contributed by atoms with Gasteiger partial charge in [-0.1, -0.05) is 5.11 Å². The standard InChI is InChI=1S/C20H41N3O9/c1-2-24-5-6-26-9-10-28-13-14-30-17-18-32-20-19-31-16-15-29-12-11-27-8-7-25-4-3-22-23-21/h2-20H2,1H3. The summed E-state index contributed by atoms with van der Waals surface area (Å²) in [5.41, 5.74) is 8.10. The Kier molecular flexibility index (Phi) is 29.0. The van der Waals surface area contributed by atoms with Crippen molar-refractivity contribution in [2.24, 2.45) is 5.11 Å². The van der Waals surface area contributed by atoms with Crippen LogP contribution >= 0.6 is 0 Å². The zero-order chi connectivity index (χ0) is 23.2. The molecule has 0 aromatic carbocycles. The van der Waals surface area contributed by atoms with Gasteiger partial charge in [-0.25, -0.2) is 0 Å². The van der Waals surface area contributed by atoms with Crippen LogP contribution in [-0.2, 0) is 42.6 Å². The number of nitrogens with zero attached hydrogens (tertiary/aromatic N) is 3. The third kappa shape index (κ3) is 28.9. The molecule has 0 aliphatic heterocycles. The smallest absolute Gasteiger partial charge is 0.0701 e. The zero-order valence-electron chi connectivity index (χ0n) is 19.5. The Hall–Kier alpha value is -1.05. The molecule has 0 N–H and O–H groups in total. The molecule has 12 nitrogen and oxygen atoms in total. The minimum absolute atomic E-state index is 0.334. The highest BCUT2D eigenvalue weighted by Crippen LogP contribution is 1.86. The molecular weight excluding hydrogens is 426 g/mol. The quantitative estimate of drug-likeness (QED) is 0.0726. The molecule has 32 heavy (non-hydrogen) atoms. The summed E-state index contributed by atoms with van der Waals surface area (Å²) in [6.45, 7) is 11.8. The van der Waals surface area contributed by atoms with Crippen molar-refractivity contribution in [1.82, 2.24) is 0 Å². The minimum atomic E-state index is 0.334. The summed E-state index contributed by atoms with van der Waals surface area (Å²) in [6.07, 6.45) is 0. The topological polar surface area (TPSA) is 132 Å². The highest BCUT2D eigenvalue weighted by molar-refractivity contribution is 4.44. The second-order valence-electron chi connectivity index (χ2n) is 6.05. The van der Waals surface area contributed by atoms with E-state index in [9.17, 15) is 0 Å². The van der Waals surface area contributed by atoms with E-state index >= 15 is 0 Å². The van der Waals surface area contributed by atoms with Gasteiger partial charge < -0.3 is 42.6 Å². The maximum Gasteiger partial charge on any atom is 0.0701 e. The summed E-state index contributed by atoms with van der Waals surface area (Å²) >= 11 is 0. The van der Waals surface area contributed by atoms with Gasteiger partial charge in [0.05, 0.1) is 112 Å². The Morgan fingerprint density at radius 1 is 0.438 bits per heavy atom. The maximum atomic E-state index is 8.10. The first kappa shape index (κ1) is 30.9. The van der Waals surface area contributed by atoms with Gasteiger partial charge >= 0.3 is 0 Å². The molecule has 0 heterocycles. The molecule has 12 heteroatoms. The molecule has 0 aliphatic rings. The van der Waals surface area contributed by atoms with Crippen LogP contribution in [0.25, 0.3) is 10.4 Å². The summed E-state index contributed by atoms with van der Waals surface area (Å²) in [4.78, 5) is 2.64. The Morgan fingerprint density at radius 2 is 0.688 bits per heavy atom. The van der Waals surface area contributed by atoms with E-state index in [0.717, 1.165) is 0 Å². The Balaban J connectivity index is 3.00. The zero-order valence-corrected chi connectivity index (χ0v) is 19.5. The van der Waals surface area contributed by atoms with E-state index in [2.05, 4.69) is 10.0 Å². The van der Waals surface area contributed by atoms with E-state index in [1.165, 1.54) is 0 Å². The first-order valence-corrected chi connectivity index (χ1v) is 11.1. The van der Waals surface area contributed by atoms with Crippen molar-refractivity contribution in [2.75, 3.05) is 125 Å². The van der Waals surface area contributed by atoms with Gasteiger partial charge in [-0.15, -0.1) is 0 Å². The maximum absolute atomic E-state index is 8.10. The van der Waals surface area contributed by atoms with E-state index in [1.54, 1.807) is 0 Å². The fraction of sp³-hybridized carbons (Fsp3) is 1.00. The van der Waals surface area contributed by atoms with Gasteiger partial charge in [-0.3, -0.25) is 0 Å². The molecule has 0 bridgehead atoms. The predicted octanol–water partition coefficient (Wildman–Crippen LogP) is 1.47. The first-order chi connectivity index (χ1) is 15.9. The molecule has 0 amide bonds. The molecule has 0 unspecified atom stereocenters. The van der Waals surface area contributed by atoms with Gasteiger partial charge in [0, 0.05) is 18.1 Å². The molecule has 0 saturated carbocycles. The second kappa shape index (κ2) is 29.9. The molecular formula is C20H41N3O9. The summed E-state index contributed by atoms with van der Waals surface area (Å²) in [6, 6.07) is 0. The highest BCUT2D eigenvalue weighted by Gasteiger charge is 1.95. The van der Waals surface area contributed by atoms with Crippen LogP contribution in [0.3, 0.4) is 0 Å². The average molecular weight is 468 g/mol. The van der Waals surface area contributed by atoms with Crippen LogP contribution in [-0.4, -0.2) is 125 Å². The van der Waals surface area contributed by atoms with Crippen molar-refractivity contribution >= 4 is 0 Å². The van der Waals surface area contributed by atoms with Crippen molar-refractivity contribution in [1.29, 1.82) is 0 Å². The van der Waals surface area contributed by atoms with Crippen molar-refractivity contribution < 1.29 is 42.6 Å². The van der Waals surface area contributed by atoms with Crippen LogP contribution in [0.1, 0.15) is 6.92 Å². The molecule has 0 radical (unpaired) electrons. The summed E-state index contributed by atoms with van der Waals surface area (Å²) in [5, 5.41) is 3.36. The van der Waals surface area contributed by atoms with Crippen molar-refractivity contribution in [3.63, 3.8) is 0 Å². The van der Waals surface area contributed by atoms with Gasteiger partial charge in [0.1, 0.15) is 0 Å². The van der Waals surface area contributed by atoms with Crippen LogP contribution < -0.4 is 0 Å². The summed E-state index contributed by atoms with van der Waals surface area (Å²) < 4.78 is 48.1. The fourth-order valence-corrected chi connectivity index (χ4v) is 2.05. The Morgan fingerprint density at radius 3 is 0.938 bits per heavy atom. The Bertz CT molecular complexity index is 403. The number of hydrogen-bond donors (Lipinski definition) is 0. The lowest BCUT2D eigenvalue weighted by atomic mass is 10.6. The Labute approximate surface area is 191 Å². The van der Waals surface area contributed by atoms with Crippen LogP contribution in [0, 0.1) is 0 Å². The summed E-state index contributed by atoms with van der Waals surface area (Å²) in [5.74, 6) is 0. The monoisotopic (exact) mass is 467 g/mol. The van der Waals surface area contributed by atoms with Gasteiger partial charge in [-0.2, -0.15) is 0 Å². The lowest BCUT2D eigenvalue weighted by Crippen LogP contribution is -2.15. The molecule has 0 spiro atoms. The SMILES string of the molecule is CCOCCOCCOCCOCCOCCOCCOCCOCCOCCN=[N+]=[N-]. The van der Waals surface area contributed by atoms with E-state index in [1.807, 2.05) is 6.92 Å². The molecule has 0 aromatic rings. The van der Waals surface area contributed by atoms with Gasteiger partial charge in [0.25, 0.3) is 0 Å². The highest BCUT2D eigenvalue weighted by atomic mass is 16.6. The number of hydrogen-bond acceptors (Lipinski definition) is 10. The predicted molar refractivity (Wildman–Crippen MR) is 117 cm³/mol. The largest absolute Gasteiger partial charge is 0.379 e. The van der Waals surface area contributed by atoms with Crippen molar-refractivity contribution in [3.8, 4) is 0 Å². The third-order valence-electron chi connectivity index (χ3n) is 3.58. The van der Waals surface area contributed by atoms with Crippen molar-refractivity contribution in [2.45, 2.75) is 6.92 Å². The molecule has 0 fully saturated rings. The molecule has 0 aliphatic carbocycles. The molecule has 0 saturated heterocycles. The number of rotatable bonds is 28. The molecule has 0 aromatic heterocycles. The van der Waals surface area contributed by atoms with Crippen LogP contribution in [0.4, 0.5) is 0 Å². The van der Waals surface area contributed by atoms with Gasteiger partial charge in [0.2, 0.25) is 0 Å². The third-order valence-corrected chi connectivity index (χ3v) is 3.58. The van der Waals surface area contributed by atoms with E-state index in [4.69, 9.17) is 48.2 Å². The average Bonchev–Trinajstić information content (AvgIpc) is 2.81. The van der Waals surface area contributed by atoms with E-state index in [0.29, 0.717) is 125 Å². The first-order valence-electron chi connectivity index (χ1n) is 11.1. The number of ether oxygens (including phenoxy) is 9. The molecule has 0 atom stereocenters. The van der Waals surface area contributed by atoms with Crippen LogP contribution in [0.5, 0.6) is 0 Å². The lowest BCUT2D eigenvalue weighted by molar-refractivity contribution is -0.0246. The molecule has 190 valence electrons. The van der Waals surface area contributed by atoms with Gasteiger partial charge in [0.15, 0.2) is 0 Å². The lowest BCUT2D eigenvalue weighted by Gasteiger charge is -2.08. The van der Waals surface area contributed by atoms with Crippen LogP contribution in [0.2, 0.25) is 0 Å².